The van der Waals surface area contributed by atoms with Gasteiger partial charge in [-0.2, -0.15) is 0 Å². The van der Waals surface area contributed by atoms with E-state index < -0.39 is 0 Å². The Balaban J connectivity index is 1.74. The van der Waals surface area contributed by atoms with Crippen LogP contribution in [0.2, 0.25) is 0 Å². The lowest BCUT2D eigenvalue weighted by Crippen LogP contribution is -2.47. The minimum absolute atomic E-state index is 0.0594. The van der Waals surface area contributed by atoms with E-state index in [2.05, 4.69) is 10.2 Å². The molecule has 1 saturated heterocycles. The van der Waals surface area contributed by atoms with Crippen LogP contribution in [0, 0.1) is 5.92 Å². The van der Waals surface area contributed by atoms with Crippen molar-refractivity contribution in [2.45, 2.75) is 38.3 Å². The number of ether oxygens (including phenoxy) is 1. The Morgan fingerprint density at radius 3 is 2.62 bits per heavy atom. The van der Waals surface area contributed by atoms with Gasteiger partial charge in [0.15, 0.2) is 0 Å². The summed E-state index contributed by atoms with van der Waals surface area (Å²) in [4.78, 5) is 14.9. The minimum atomic E-state index is -0.264. The van der Waals surface area contributed by atoms with Crippen molar-refractivity contribution >= 4 is 5.91 Å². The Hall–Kier alpha value is -1.43. The molecule has 0 radical (unpaired) electrons. The highest BCUT2D eigenvalue weighted by molar-refractivity contribution is 5.79. The summed E-state index contributed by atoms with van der Waals surface area (Å²) in [5.74, 6) is -0.170. The summed E-state index contributed by atoms with van der Waals surface area (Å²) in [6, 6.07) is 9.83. The molecule has 2 unspecified atom stereocenters. The summed E-state index contributed by atoms with van der Waals surface area (Å²) in [5.41, 5.74) is 7.26. The lowest BCUT2D eigenvalue weighted by molar-refractivity contribution is -0.126. The number of amides is 1. The fourth-order valence-corrected chi connectivity index (χ4v) is 3.19. The molecule has 3 N–H and O–H groups in total. The lowest BCUT2D eigenvalue weighted by Gasteiger charge is -2.33. The van der Waals surface area contributed by atoms with E-state index in [-0.39, 0.29) is 23.9 Å². The molecular formula is C19H31N3O2. The van der Waals surface area contributed by atoms with Gasteiger partial charge in [-0.3, -0.25) is 4.79 Å². The largest absolute Gasteiger partial charge is 0.385 e. The maximum Gasteiger partial charge on any atom is 0.224 e. The third-order valence-electron chi connectivity index (χ3n) is 4.89. The van der Waals surface area contributed by atoms with Gasteiger partial charge < -0.3 is 20.7 Å². The van der Waals surface area contributed by atoms with Crippen molar-refractivity contribution in [2.75, 3.05) is 33.4 Å². The number of nitrogens with one attached hydrogen (secondary N) is 1. The molecule has 1 amide bonds. The molecule has 1 heterocycles. The molecule has 1 aliphatic rings. The highest BCUT2D eigenvalue weighted by Crippen LogP contribution is 2.20. The van der Waals surface area contributed by atoms with Crippen molar-refractivity contribution in [2.24, 2.45) is 11.7 Å². The van der Waals surface area contributed by atoms with Gasteiger partial charge in [0.25, 0.3) is 0 Å². The summed E-state index contributed by atoms with van der Waals surface area (Å²) in [7, 11) is 1.74. The molecule has 5 heteroatoms. The molecule has 5 nitrogen and oxygen atoms in total. The van der Waals surface area contributed by atoms with Crippen LogP contribution in [0.15, 0.2) is 30.3 Å². The van der Waals surface area contributed by atoms with Crippen molar-refractivity contribution in [3.05, 3.63) is 35.9 Å². The monoisotopic (exact) mass is 333 g/mol. The van der Waals surface area contributed by atoms with Crippen molar-refractivity contribution < 1.29 is 9.53 Å². The van der Waals surface area contributed by atoms with Gasteiger partial charge in [-0.25, -0.2) is 0 Å². The Morgan fingerprint density at radius 2 is 2.00 bits per heavy atom. The van der Waals surface area contributed by atoms with Gasteiger partial charge in [-0.15, -0.1) is 0 Å². The van der Waals surface area contributed by atoms with E-state index in [1.54, 1.807) is 7.11 Å². The van der Waals surface area contributed by atoms with Crippen LogP contribution in [0.3, 0.4) is 0 Å². The number of likely N-dealkylation sites (tertiary alicyclic amines) is 1. The van der Waals surface area contributed by atoms with Crippen molar-refractivity contribution in [3.8, 4) is 0 Å². The average molecular weight is 333 g/mol. The highest BCUT2D eigenvalue weighted by Gasteiger charge is 2.26. The van der Waals surface area contributed by atoms with E-state index in [1.807, 2.05) is 37.3 Å². The Kier molecular flexibility index (Phi) is 7.69. The van der Waals surface area contributed by atoms with Crippen molar-refractivity contribution in [1.82, 2.24) is 10.2 Å². The molecule has 0 bridgehead atoms. The predicted molar refractivity (Wildman–Crippen MR) is 96.6 cm³/mol. The quantitative estimate of drug-likeness (QED) is 0.714. The molecule has 24 heavy (non-hydrogen) atoms. The average Bonchev–Trinajstić information content (AvgIpc) is 2.63. The molecule has 2 atom stereocenters. The second-order valence-corrected chi connectivity index (χ2v) is 6.70. The van der Waals surface area contributed by atoms with Crippen LogP contribution in [-0.4, -0.2) is 50.2 Å². The molecule has 2 rings (SSSR count). The Bertz CT molecular complexity index is 487. The smallest absolute Gasteiger partial charge is 0.224 e. The van der Waals surface area contributed by atoms with Gasteiger partial charge in [-0.05, 0) is 24.8 Å². The standard InChI is InChI=1S/C19H31N3O2/c1-15(18(20)16-7-4-3-5-8-16)19(23)21-17-9-12-22(13-10-17)11-6-14-24-2/h3-5,7-8,15,17-18H,6,9-14,20H2,1-2H3,(H,21,23). The van der Waals surface area contributed by atoms with Crippen LogP contribution in [0.1, 0.15) is 37.8 Å². The normalized spacial score (nSPS) is 19.0. The van der Waals surface area contributed by atoms with Gasteiger partial charge in [0.1, 0.15) is 0 Å². The number of methoxy groups -OCH3 is 1. The molecule has 0 aromatic heterocycles. The minimum Gasteiger partial charge on any atom is -0.385 e. The topological polar surface area (TPSA) is 67.6 Å². The number of piperidine rings is 1. The summed E-state index contributed by atoms with van der Waals surface area (Å²) in [6.45, 7) is 5.86. The van der Waals surface area contributed by atoms with Crippen LogP contribution < -0.4 is 11.1 Å². The predicted octanol–water partition coefficient (Wildman–Crippen LogP) is 1.94. The number of benzene rings is 1. The molecular weight excluding hydrogens is 302 g/mol. The number of nitrogens with zero attached hydrogens (tertiary/aromatic N) is 1. The zero-order chi connectivity index (χ0) is 17.4. The third-order valence-corrected chi connectivity index (χ3v) is 4.89. The fourth-order valence-electron chi connectivity index (χ4n) is 3.19. The first-order chi connectivity index (χ1) is 11.6. The summed E-state index contributed by atoms with van der Waals surface area (Å²) < 4.78 is 5.10. The zero-order valence-electron chi connectivity index (χ0n) is 14.9. The Labute approximate surface area is 145 Å². The fraction of sp³-hybridized carbons (Fsp3) is 0.632. The molecule has 1 fully saturated rings. The first kappa shape index (κ1) is 18.9. The van der Waals surface area contributed by atoms with Gasteiger partial charge in [-0.1, -0.05) is 37.3 Å². The second kappa shape index (κ2) is 9.77. The van der Waals surface area contributed by atoms with E-state index in [0.29, 0.717) is 0 Å². The van der Waals surface area contributed by atoms with Gasteiger partial charge in [0.2, 0.25) is 5.91 Å². The zero-order valence-corrected chi connectivity index (χ0v) is 14.9. The summed E-state index contributed by atoms with van der Waals surface area (Å²) in [5, 5.41) is 3.19. The van der Waals surface area contributed by atoms with E-state index >= 15 is 0 Å². The van der Waals surface area contributed by atoms with Crippen molar-refractivity contribution in [1.29, 1.82) is 0 Å². The van der Waals surface area contributed by atoms with Crippen LogP contribution in [-0.2, 0) is 9.53 Å². The van der Waals surface area contributed by atoms with Gasteiger partial charge >= 0.3 is 0 Å². The molecule has 1 aromatic rings. The van der Waals surface area contributed by atoms with Crippen LogP contribution in [0.4, 0.5) is 0 Å². The Morgan fingerprint density at radius 1 is 1.33 bits per heavy atom. The van der Waals surface area contributed by atoms with E-state index in [1.165, 1.54) is 0 Å². The number of carbonyl (C=O) groups excluding carboxylic acids is 1. The molecule has 134 valence electrons. The number of nitrogens with two attached hydrogens (primary N) is 1. The first-order valence-corrected chi connectivity index (χ1v) is 8.94. The van der Waals surface area contributed by atoms with Crippen LogP contribution in [0.25, 0.3) is 0 Å². The molecule has 1 aromatic carbocycles. The summed E-state index contributed by atoms with van der Waals surface area (Å²) in [6.07, 6.45) is 3.08. The maximum absolute atomic E-state index is 12.5. The van der Waals surface area contributed by atoms with Gasteiger partial charge in [0, 0.05) is 45.4 Å². The second-order valence-electron chi connectivity index (χ2n) is 6.70. The van der Waals surface area contributed by atoms with Crippen LogP contribution in [0.5, 0.6) is 0 Å². The highest BCUT2D eigenvalue weighted by atomic mass is 16.5. The van der Waals surface area contributed by atoms with E-state index in [4.69, 9.17) is 10.5 Å². The molecule has 1 aliphatic heterocycles. The maximum atomic E-state index is 12.5. The lowest BCUT2D eigenvalue weighted by atomic mass is 9.94. The molecule has 0 spiro atoms. The number of hydrogen-bond donors (Lipinski definition) is 2. The van der Waals surface area contributed by atoms with E-state index in [0.717, 1.165) is 51.1 Å². The molecule has 0 saturated carbocycles. The first-order valence-electron chi connectivity index (χ1n) is 8.94. The van der Waals surface area contributed by atoms with E-state index in [9.17, 15) is 4.79 Å². The summed E-state index contributed by atoms with van der Waals surface area (Å²) >= 11 is 0. The van der Waals surface area contributed by atoms with Crippen LogP contribution >= 0.6 is 0 Å². The number of hydrogen-bond acceptors (Lipinski definition) is 4. The third kappa shape index (κ3) is 5.58. The van der Waals surface area contributed by atoms with Gasteiger partial charge in [0.05, 0.1) is 5.92 Å². The molecule has 0 aliphatic carbocycles. The number of rotatable bonds is 8. The van der Waals surface area contributed by atoms with Crippen molar-refractivity contribution in [3.63, 3.8) is 0 Å². The number of carbonyl (C=O) groups is 1. The SMILES string of the molecule is COCCCN1CCC(NC(=O)C(C)C(N)c2ccccc2)CC1.